The van der Waals surface area contributed by atoms with Crippen molar-refractivity contribution < 1.29 is 24.5 Å². The van der Waals surface area contributed by atoms with Gasteiger partial charge in [0.05, 0.1) is 6.10 Å². The summed E-state index contributed by atoms with van der Waals surface area (Å²) in [7, 11) is 0. The molecule has 0 radical (unpaired) electrons. The first-order valence-electron chi connectivity index (χ1n) is 6.85. The molecule has 5 heteroatoms. The quantitative estimate of drug-likeness (QED) is 0.813. The molecule has 4 unspecified atom stereocenters. The van der Waals surface area contributed by atoms with Crippen LogP contribution < -0.4 is 0 Å². The maximum absolute atomic E-state index is 11.8. The van der Waals surface area contributed by atoms with Gasteiger partial charge in [0.2, 0.25) is 0 Å². The van der Waals surface area contributed by atoms with Crippen LogP contribution >= 0.6 is 0 Å². The zero-order valence-electron chi connectivity index (χ0n) is 11.4. The Morgan fingerprint density at radius 2 is 1.95 bits per heavy atom. The smallest absolute Gasteiger partial charge is 0.306 e. The molecule has 1 aliphatic heterocycles. The monoisotopic (exact) mass is 280 g/mol. The molecular formula is C15H20O5. The third kappa shape index (κ3) is 3.36. The van der Waals surface area contributed by atoms with Crippen LogP contribution in [0.15, 0.2) is 30.3 Å². The van der Waals surface area contributed by atoms with E-state index >= 15 is 0 Å². The number of aliphatic hydroxyl groups excluding tert-OH is 2. The number of benzene rings is 1. The lowest BCUT2D eigenvalue weighted by Crippen LogP contribution is -2.45. The number of ether oxygens (including phenoxy) is 2. The molecule has 1 aromatic carbocycles. The minimum atomic E-state index is -1.21. The van der Waals surface area contributed by atoms with Crippen molar-refractivity contribution in [3.63, 3.8) is 0 Å². The molecule has 1 aromatic rings. The molecule has 0 aromatic heterocycles. The Morgan fingerprint density at radius 1 is 1.25 bits per heavy atom. The maximum atomic E-state index is 11.8. The molecule has 1 aliphatic rings. The van der Waals surface area contributed by atoms with E-state index in [9.17, 15) is 15.0 Å². The Hall–Kier alpha value is -1.43. The zero-order chi connectivity index (χ0) is 14.5. The third-order valence-electron chi connectivity index (χ3n) is 3.44. The number of rotatable bonds is 3. The summed E-state index contributed by atoms with van der Waals surface area (Å²) in [6, 6.07) is 8.93. The predicted molar refractivity (Wildman–Crippen MR) is 71.9 cm³/mol. The van der Waals surface area contributed by atoms with Crippen molar-refractivity contribution in [3.8, 4) is 0 Å². The van der Waals surface area contributed by atoms with Crippen molar-refractivity contribution in [2.75, 3.05) is 6.61 Å². The molecule has 0 saturated carbocycles. The van der Waals surface area contributed by atoms with Gasteiger partial charge in [-0.2, -0.15) is 0 Å². The lowest BCUT2D eigenvalue weighted by molar-refractivity contribution is -0.178. The zero-order valence-corrected chi connectivity index (χ0v) is 11.4. The number of cyclic esters (lactones) is 1. The highest BCUT2D eigenvalue weighted by atomic mass is 16.6. The SMILES string of the molecule is CCOC1CCC(=O)OC(c2ccccc2)C(O)C1O. The first-order valence-corrected chi connectivity index (χ1v) is 6.85. The van der Waals surface area contributed by atoms with Crippen molar-refractivity contribution in [2.24, 2.45) is 0 Å². The van der Waals surface area contributed by atoms with Crippen molar-refractivity contribution in [1.82, 2.24) is 0 Å². The Kier molecular flexibility index (Phi) is 5.11. The summed E-state index contributed by atoms with van der Waals surface area (Å²) in [4.78, 5) is 11.8. The number of aliphatic hydroxyl groups is 2. The second-order valence-corrected chi connectivity index (χ2v) is 4.83. The van der Waals surface area contributed by atoms with Crippen LogP contribution in [0.4, 0.5) is 0 Å². The van der Waals surface area contributed by atoms with E-state index in [0.717, 1.165) is 0 Å². The molecule has 1 fully saturated rings. The van der Waals surface area contributed by atoms with E-state index in [1.54, 1.807) is 24.3 Å². The van der Waals surface area contributed by atoms with E-state index < -0.39 is 30.4 Å². The first-order chi connectivity index (χ1) is 9.63. The fraction of sp³-hybridized carbons (Fsp3) is 0.533. The molecule has 0 aliphatic carbocycles. The van der Waals surface area contributed by atoms with Gasteiger partial charge in [0, 0.05) is 13.0 Å². The van der Waals surface area contributed by atoms with Crippen LogP contribution in [0.25, 0.3) is 0 Å². The molecule has 2 N–H and O–H groups in total. The summed E-state index contributed by atoms with van der Waals surface area (Å²) < 4.78 is 10.7. The topological polar surface area (TPSA) is 76.0 Å². The van der Waals surface area contributed by atoms with Crippen LogP contribution in [0.2, 0.25) is 0 Å². The predicted octanol–water partition coefficient (Wildman–Crippen LogP) is 1.19. The Bertz CT molecular complexity index is 433. The van der Waals surface area contributed by atoms with E-state index in [1.165, 1.54) is 0 Å². The van der Waals surface area contributed by atoms with Crippen molar-refractivity contribution in [3.05, 3.63) is 35.9 Å². The number of hydrogen-bond acceptors (Lipinski definition) is 5. The summed E-state index contributed by atoms with van der Waals surface area (Å²) in [5.74, 6) is -0.394. The molecule has 1 saturated heterocycles. The molecule has 1 heterocycles. The van der Waals surface area contributed by atoms with Crippen LogP contribution in [-0.2, 0) is 14.3 Å². The summed E-state index contributed by atoms with van der Waals surface area (Å²) in [5.41, 5.74) is 0.657. The number of carbonyl (C=O) groups excluding carboxylic acids is 1. The van der Waals surface area contributed by atoms with Crippen molar-refractivity contribution >= 4 is 5.97 Å². The summed E-state index contributed by atoms with van der Waals surface area (Å²) in [6.45, 7) is 2.23. The van der Waals surface area contributed by atoms with Gasteiger partial charge in [-0.15, -0.1) is 0 Å². The van der Waals surface area contributed by atoms with E-state index in [1.807, 2.05) is 13.0 Å². The Labute approximate surface area is 118 Å². The van der Waals surface area contributed by atoms with Crippen molar-refractivity contribution in [1.29, 1.82) is 0 Å². The Morgan fingerprint density at radius 3 is 2.60 bits per heavy atom. The van der Waals surface area contributed by atoms with Gasteiger partial charge in [-0.25, -0.2) is 0 Å². The molecule has 0 spiro atoms. The maximum Gasteiger partial charge on any atom is 0.306 e. The first kappa shape index (κ1) is 15.0. The normalized spacial score (nSPS) is 31.2. The van der Waals surface area contributed by atoms with Gasteiger partial charge in [-0.05, 0) is 18.9 Å². The highest BCUT2D eigenvalue weighted by Crippen LogP contribution is 2.29. The molecule has 4 atom stereocenters. The van der Waals surface area contributed by atoms with Gasteiger partial charge in [0.15, 0.2) is 6.10 Å². The lowest BCUT2D eigenvalue weighted by atomic mass is 9.94. The summed E-state index contributed by atoms with van der Waals surface area (Å²) >= 11 is 0. The van der Waals surface area contributed by atoms with Crippen LogP contribution in [0.3, 0.4) is 0 Å². The van der Waals surface area contributed by atoms with Crippen LogP contribution in [0.1, 0.15) is 31.4 Å². The van der Waals surface area contributed by atoms with Gasteiger partial charge < -0.3 is 19.7 Å². The largest absolute Gasteiger partial charge is 0.455 e. The molecule has 20 heavy (non-hydrogen) atoms. The summed E-state index contributed by atoms with van der Waals surface area (Å²) in [5, 5.41) is 20.5. The molecular weight excluding hydrogens is 260 g/mol. The molecule has 0 amide bonds. The van der Waals surface area contributed by atoms with Crippen LogP contribution in [0, 0.1) is 0 Å². The fourth-order valence-electron chi connectivity index (χ4n) is 2.40. The third-order valence-corrected chi connectivity index (χ3v) is 3.44. The standard InChI is InChI=1S/C15H20O5/c1-2-19-11-8-9-12(16)20-15(14(18)13(11)17)10-6-4-3-5-7-10/h3-7,11,13-15,17-18H,2,8-9H2,1H3. The number of hydrogen-bond donors (Lipinski definition) is 2. The van der Waals surface area contributed by atoms with Gasteiger partial charge >= 0.3 is 5.97 Å². The van der Waals surface area contributed by atoms with Crippen molar-refractivity contribution in [2.45, 2.75) is 44.2 Å². The highest BCUT2D eigenvalue weighted by molar-refractivity contribution is 5.70. The number of esters is 1. The van der Waals surface area contributed by atoms with E-state index in [4.69, 9.17) is 9.47 Å². The van der Waals surface area contributed by atoms with E-state index in [2.05, 4.69) is 0 Å². The molecule has 110 valence electrons. The lowest BCUT2D eigenvalue weighted by Gasteiger charge is -2.33. The van der Waals surface area contributed by atoms with Gasteiger partial charge in [0.1, 0.15) is 12.2 Å². The minimum Gasteiger partial charge on any atom is -0.455 e. The summed E-state index contributed by atoms with van der Waals surface area (Å²) in [6.07, 6.45) is -3.23. The molecule has 2 rings (SSSR count). The average molecular weight is 280 g/mol. The number of carbonyl (C=O) groups is 1. The van der Waals surface area contributed by atoms with Gasteiger partial charge in [-0.3, -0.25) is 4.79 Å². The van der Waals surface area contributed by atoms with E-state index in [0.29, 0.717) is 18.6 Å². The van der Waals surface area contributed by atoms with Gasteiger partial charge in [-0.1, -0.05) is 30.3 Å². The molecule has 0 bridgehead atoms. The second-order valence-electron chi connectivity index (χ2n) is 4.83. The highest BCUT2D eigenvalue weighted by Gasteiger charge is 2.38. The van der Waals surface area contributed by atoms with E-state index in [-0.39, 0.29) is 6.42 Å². The fourth-order valence-corrected chi connectivity index (χ4v) is 2.40. The minimum absolute atomic E-state index is 0.164. The van der Waals surface area contributed by atoms with Crippen LogP contribution in [-0.4, -0.2) is 41.1 Å². The Balaban J connectivity index is 2.24. The molecule has 5 nitrogen and oxygen atoms in total. The second kappa shape index (κ2) is 6.83. The van der Waals surface area contributed by atoms with Gasteiger partial charge in [0.25, 0.3) is 0 Å². The average Bonchev–Trinajstić information content (AvgIpc) is 2.47. The van der Waals surface area contributed by atoms with Crippen LogP contribution in [0.5, 0.6) is 0 Å².